The van der Waals surface area contributed by atoms with Gasteiger partial charge in [-0.3, -0.25) is 4.79 Å². The molecule has 0 aliphatic carbocycles. The van der Waals surface area contributed by atoms with E-state index in [-0.39, 0.29) is 11.9 Å². The average molecular weight is 249 g/mol. The Bertz CT molecular complexity index is 377. The third-order valence-electron chi connectivity index (χ3n) is 2.81. The molecule has 1 aromatic carbocycles. The molecule has 18 heavy (non-hydrogen) atoms. The lowest BCUT2D eigenvalue weighted by Gasteiger charge is -2.11. The first-order chi connectivity index (χ1) is 8.63. The first kappa shape index (κ1) is 14.7. The molecule has 0 bridgehead atoms. The zero-order valence-corrected chi connectivity index (χ0v) is 11.5. The van der Waals surface area contributed by atoms with Gasteiger partial charge in [0.25, 0.3) is 0 Å². The van der Waals surface area contributed by atoms with E-state index in [4.69, 9.17) is 4.74 Å². The number of nitrogens with one attached hydrogen (secondary N) is 1. The Hall–Kier alpha value is -1.35. The van der Waals surface area contributed by atoms with Crippen LogP contribution in [0.3, 0.4) is 0 Å². The summed E-state index contributed by atoms with van der Waals surface area (Å²) in [6, 6.07) is 8.49. The van der Waals surface area contributed by atoms with Crippen LogP contribution in [0.5, 0.6) is 0 Å². The van der Waals surface area contributed by atoms with Gasteiger partial charge in [-0.1, -0.05) is 36.8 Å². The molecule has 0 fully saturated rings. The fourth-order valence-corrected chi connectivity index (χ4v) is 1.79. The number of hydrogen-bond acceptors (Lipinski definition) is 3. The summed E-state index contributed by atoms with van der Waals surface area (Å²) in [6.45, 7) is 7.82. The van der Waals surface area contributed by atoms with Gasteiger partial charge in [0.15, 0.2) is 0 Å². The molecule has 0 spiro atoms. The fraction of sp³-hybridized carbons (Fsp3) is 0.533. The van der Waals surface area contributed by atoms with E-state index in [1.807, 2.05) is 13.8 Å². The standard InChI is InChI=1S/C15H23NO2/c1-4-18-15(17)13(3)11-16-9-8-14-7-5-6-12(2)10-14/h5-7,10,13,16H,4,8-9,11H2,1-3H3. The van der Waals surface area contributed by atoms with E-state index in [2.05, 4.69) is 36.5 Å². The normalized spacial score (nSPS) is 12.2. The third-order valence-corrected chi connectivity index (χ3v) is 2.81. The lowest BCUT2D eigenvalue weighted by atomic mass is 10.1. The third kappa shape index (κ3) is 5.32. The molecule has 0 heterocycles. The quantitative estimate of drug-likeness (QED) is 0.595. The zero-order valence-electron chi connectivity index (χ0n) is 11.5. The van der Waals surface area contributed by atoms with Gasteiger partial charge >= 0.3 is 5.97 Å². The van der Waals surface area contributed by atoms with Gasteiger partial charge in [0.1, 0.15) is 0 Å². The molecule has 3 nitrogen and oxygen atoms in total. The maximum absolute atomic E-state index is 11.4. The highest BCUT2D eigenvalue weighted by atomic mass is 16.5. The Morgan fingerprint density at radius 2 is 2.22 bits per heavy atom. The second kappa shape index (κ2) is 7.88. The topological polar surface area (TPSA) is 38.3 Å². The number of carbonyl (C=O) groups excluding carboxylic acids is 1. The summed E-state index contributed by atoms with van der Waals surface area (Å²) in [5.74, 6) is -0.206. The SMILES string of the molecule is CCOC(=O)C(C)CNCCc1cccc(C)c1. The van der Waals surface area contributed by atoms with E-state index in [1.165, 1.54) is 11.1 Å². The van der Waals surface area contributed by atoms with E-state index in [1.54, 1.807) is 0 Å². The second-order valence-electron chi connectivity index (χ2n) is 4.60. The molecule has 1 unspecified atom stereocenters. The highest BCUT2D eigenvalue weighted by Crippen LogP contribution is 2.04. The number of aryl methyl sites for hydroxylation is 1. The fourth-order valence-electron chi connectivity index (χ4n) is 1.79. The summed E-state index contributed by atoms with van der Waals surface area (Å²) in [4.78, 5) is 11.4. The van der Waals surface area contributed by atoms with Crippen LogP contribution < -0.4 is 5.32 Å². The van der Waals surface area contributed by atoms with Crippen LogP contribution in [0.2, 0.25) is 0 Å². The van der Waals surface area contributed by atoms with Crippen LogP contribution in [0.15, 0.2) is 24.3 Å². The summed E-state index contributed by atoms with van der Waals surface area (Å²) in [7, 11) is 0. The van der Waals surface area contributed by atoms with Crippen LogP contribution in [0.4, 0.5) is 0 Å². The molecule has 0 aliphatic rings. The largest absolute Gasteiger partial charge is 0.466 e. The molecular formula is C15H23NO2. The summed E-state index contributed by atoms with van der Waals surface area (Å²) in [5.41, 5.74) is 2.61. The van der Waals surface area contributed by atoms with Gasteiger partial charge in [-0.2, -0.15) is 0 Å². The molecule has 1 N–H and O–H groups in total. The summed E-state index contributed by atoms with van der Waals surface area (Å²) in [6.07, 6.45) is 0.983. The molecule has 0 aromatic heterocycles. The van der Waals surface area contributed by atoms with Crippen molar-refractivity contribution >= 4 is 5.97 Å². The maximum atomic E-state index is 11.4. The van der Waals surface area contributed by atoms with Crippen LogP contribution in [-0.2, 0) is 16.0 Å². The molecule has 3 heteroatoms. The number of benzene rings is 1. The summed E-state index contributed by atoms with van der Waals surface area (Å²) >= 11 is 0. The zero-order chi connectivity index (χ0) is 13.4. The predicted molar refractivity (Wildman–Crippen MR) is 73.5 cm³/mol. The minimum absolute atomic E-state index is 0.0811. The van der Waals surface area contributed by atoms with E-state index in [0.717, 1.165) is 13.0 Å². The lowest BCUT2D eigenvalue weighted by Crippen LogP contribution is -2.29. The number of ether oxygens (including phenoxy) is 1. The van der Waals surface area contributed by atoms with Gasteiger partial charge in [0.05, 0.1) is 12.5 Å². The number of carbonyl (C=O) groups is 1. The van der Waals surface area contributed by atoms with Crippen molar-refractivity contribution in [2.75, 3.05) is 19.7 Å². The van der Waals surface area contributed by atoms with Crippen molar-refractivity contribution in [3.8, 4) is 0 Å². The van der Waals surface area contributed by atoms with Crippen molar-refractivity contribution in [3.63, 3.8) is 0 Å². The van der Waals surface area contributed by atoms with Crippen LogP contribution in [0.25, 0.3) is 0 Å². The maximum Gasteiger partial charge on any atom is 0.309 e. The number of rotatable bonds is 7. The van der Waals surface area contributed by atoms with Gasteiger partial charge < -0.3 is 10.1 Å². The van der Waals surface area contributed by atoms with Crippen molar-refractivity contribution in [3.05, 3.63) is 35.4 Å². The van der Waals surface area contributed by atoms with Crippen LogP contribution in [0.1, 0.15) is 25.0 Å². The van der Waals surface area contributed by atoms with Crippen LogP contribution in [-0.4, -0.2) is 25.7 Å². The molecule has 1 atom stereocenters. The summed E-state index contributed by atoms with van der Waals surface area (Å²) < 4.78 is 4.96. The minimum atomic E-state index is -0.124. The van der Waals surface area contributed by atoms with E-state index < -0.39 is 0 Å². The van der Waals surface area contributed by atoms with Gasteiger partial charge in [0.2, 0.25) is 0 Å². The molecule has 1 rings (SSSR count). The number of esters is 1. The van der Waals surface area contributed by atoms with Crippen molar-refractivity contribution in [2.45, 2.75) is 27.2 Å². The monoisotopic (exact) mass is 249 g/mol. The first-order valence-electron chi connectivity index (χ1n) is 6.56. The molecule has 100 valence electrons. The van der Waals surface area contributed by atoms with Gasteiger partial charge in [-0.25, -0.2) is 0 Å². The molecule has 0 saturated carbocycles. The van der Waals surface area contributed by atoms with Crippen molar-refractivity contribution in [1.82, 2.24) is 5.32 Å². The Labute approximate surface area is 110 Å². The molecule has 0 aliphatic heterocycles. The Morgan fingerprint density at radius 3 is 2.89 bits per heavy atom. The molecule has 0 amide bonds. The lowest BCUT2D eigenvalue weighted by molar-refractivity contribution is -0.147. The highest BCUT2D eigenvalue weighted by molar-refractivity contribution is 5.72. The highest BCUT2D eigenvalue weighted by Gasteiger charge is 2.12. The Kier molecular flexibility index (Phi) is 6.44. The van der Waals surface area contributed by atoms with Gasteiger partial charge in [0, 0.05) is 6.54 Å². The second-order valence-corrected chi connectivity index (χ2v) is 4.60. The summed E-state index contributed by atoms with van der Waals surface area (Å²) in [5, 5.41) is 3.29. The van der Waals surface area contributed by atoms with Crippen molar-refractivity contribution in [2.24, 2.45) is 5.92 Å². The average Bonchev–Trinajstić information content (AvgIpc) is 2.35. The molecular weight excluding hydrogens is 226 g/mol. The van der Waals surface area contributed by atoms with Gasteiger partial charge in [-0.15, -0.1) is 0 Å². The Balaban J connectivity index is 2.20. The van der Waals surface area contributed by atoms with Crippen LogP contribution >= 0.6 is 0 Å². The van der Waals surface area contributed by atoms with Crippen molar-refractivity contribution < 1.29 is 9.53 Å². The van der Waals surface area contributed by atoms with E-state index >= 15 is 0 Å². The smallest absolute Gasteiger partial charge is 0.309 e. The van der Waals surface area contributed by atoms with Crippen molar-refractivity contribution in [1.29, 1.82) is 0 Å². The van der Waals surface area contributed by atoms with Crippen LogP contribution in [0, 0.1) is 12.8 Å². The molecule has 0 radical (unpaired) electrons. The number of hydrogen-bond donors (Lipinski definition) is 1. The van der Waals surface area contributed by atoms with Gasteiger partial charge in [-0.05, 0) is 32.4 Å². The molecule has 0 saturated heterocycles. The minimum Gasteiger partial charge on any atom is -0.466 e. The first-order valence-corrected chi connectivity index (χ1v) is 6.56. The molecule has 1 aromatic rings. The Morgan fingerprint density at radius 1 is 1.44 bits per heavy atom. The van der Waals surface area contributed by atoms with E-state index in [0.29, 0.717) is 13.2 Å². The predicted octanol–water partition coefficient (Wildman–Crippen LogP) is 2.33. The van der Waals surface area contributed by atoms with E-state index in [9.17, 15) is 4.79 Å².